The molecule has 4 aromatic rings. The third-order valence-electron chi connectivity index (χ3n) is 7.18. The number of nitrogens with one attached hydrogen (secondary N) is 1. The van der Waals surface area contributed by atoms with E-state index < -0.39 is 0 Å². The fourth-order valence-electron chi connectivity index (χ4n) is 4.87. The van der Waals surface area contributed by atoms with Crippen LogP contribution >= 0.6 is 0 Å². The van der Waals surface area contributed by atoms with Crippen LogP contribution in [0.5, 0.6) is 17.2 Å². The van der Waals surface area contributed by atoms with Crippen molar-refractivity contribution < 1.29 is 23.8 Å². The van der Waals surface area contributed by atoms with Crippen LogP contribution < -0.4 is 24.4 Å². The Morgan fingerprint density at radius 1 is 0.902 bits per heavy atom. The molecule has 2 amide bonds. The number of fused-ring (bicyclic) bond motifs is 2. The van der Waals surface area contributed by atoms with Crippen molar-refractivity contribution in [2.24, 2.45) is 0 Å². The molecule has 0 spiro atoms. The predicted octanol–water partition coefficient (Wildman–Crippen LogP) is 6.22. The summed E-state index contributed by atoms with van der Waals surface area (Å²) in [7, 11) is 0. The fraction of sp³-hybridized carbons (Fsp3) is 0.176. The molecular formula is C34H30N2O5. The second-order valence-electron chi connectivity index (χ2n) is 10.2. The molecule has 7 heteroatoms. The number of anilines is 1. The van der Waals surface area contributed by atoms with Gasteiger partial charge >= 0.3 is 0 Å². The first-order valence-corrected chi connectivity index (χ1v) is 13.6. The molecule has 0 radical (unpaired) electrons. The maximum absolute atomic E-state index is 13.5. The normalized spacial score (nSPS) is 15.6. The summed E-state index contributed by atoms with van der Waals surface area (Å²) in [6.45, 7) is 5.43. The monoisotopic (exact) mass is 546 g/mol. The molecule has 206 valence electrons. The number of hydrogen-bond donors (Lipinski definition) is 1. The van der Waals surface area contributed by atoms with Crippen LogP contribution in [0.1, 0.15) is 45.6 Å². The van der Waals surface area contributed by atoms with Crippen molar-refractivity contribution in [3.05, 3.63) is 125 Å². The Morgan fingerprint density at radius 3 is 2.41 bits per heavy atom. The number of benzene rings is 4. The van der Waals surface area contributed by atoms with Gasteiger partial charge in [-0.3, -0.25) is 14.5 Å². The van der Waals surface area contributed by atoms with Gasteiger partial charge in [0.05, 0.1) is 18.3 Å². The molecule has 0 bridgehead atoms. The Kier molecular flexibility index (Phi) is 7.17. The molecule has 1 atom stereocenters. The second kappa shape index (κ2) is 11.2. The minimum absolute atomic E-state index is 0.199. The molecule has 0 aromatic heterocycles. The van der Waals surface area contributed by atoms with Crippen LogP contribution in [0.3, 0.4) is 0 Å². The molecule has 6 rings (SSSR count). The Labute approximate surface area is 239 Å². The zero-order chi connectivity index (χ0) is 28.3. The van der Waals surface area contributed by atoms with Crippen molar-refractivity contribution in [2.45, 2.75) is 26.4 Å². The third kappa shape index (κ3) is 5.65. The van der Waals surface area contributed by atoms with E-state index >= 15 is 0 Å². The predicted molar refractivity (Wildman–Crippen MR) is 157 cm³/mol. The number of hydrogen-bond acceptors (Lipinski definition) is 5. The highest BCUT2D eigenvalue weighted by Crippen LogP contribution is 2.37. The van der Waals surface area contributed by atoms with Gasteiger partial charge in [0.2, 0.25) is 0 Å². The summed E-state index contributed by atoms with van der Waals surface area (Å²) in [5, 5.41) is 3.03. The van der Waals surface area contributed by atoms with Gasteiger partial charge in [0.15, 0.2) is 23.0 Å². The van der Waals surface area contributed by atoms with Crippen molar-refractivity contribution >= 4 is 23.6 Å². The zero-order valence-electron chi connectivity index (χ0n) is 22.9. The minimum atomic E-state index is -0.229. The number of carbonyl (C=O) groups is 2. The average Bonchev–Trinajstić information content (AvgIpc) is 3.00. The highest BCUT2D eigenvalue weighted by Gasteiger charge is 2.30. The van der Waals surface area contributed by atoms with Crippen molar-refractivity contribution in [1.82, 2.24) is 5.32 Å². The minimum Gasteiger partial charge on any atom is -0.486 e. The van der Waals surface area contributed by atoms with Crippen LogP contribution in [0, 0.1) is 6.92 Å². The first kappa shape index (κ1) is 26.2. The maximum atomic E-state index is 13.5. The van der Waals surface area contributed by atoms with Gasteiger partial charge < -0.3 is 19.5 Å². The Bertz CT molecular complexity index is 1630. The van der Waals surface area contributed by atoms with E-state index in [-0.39, 0.29) is 23.6 Å². The van der Waals surface area contributed by atoms with E-state index in [1.165, 1.54) is 0 Å². The van der Waals surface area contributed by atoms with Gasteiger partial charge in [0, 0.05) is 5.56 Å². The highest BCUT2D eigenvalue weighted by atomic mass is 16.6. The average molecular weight is 547 g/mol. The molecule has 0 fully saturated rings. The summed E-state index contributed by atoms with van der Waals surface area (Å²) in [5.74, 6) is 1.82. The van der Waals surface area contributed by atoms with Gasteiger partial charge in [-0.2, -0.15) is 0 Å². The Morgan fingerprint density at radius 2 is 1.63 bits per heavy atom. The van der Waals surface area contributed by atoms with E-state index in [0.717, 1.165) is 27.9 Å². The van der Waals surface area contributed by atoms with E-state index in [1.807, 2.05) is 80.6 Å². The standard InChI is InChI=1S/C34H30N2O5/c1-22-7-9-25(10-8-22)21-36-28-5-3-4-6-29(28)41-32(34(36)38)19-24-11-13-26(14-12-24)33(37)35-23(2)27-15-16-30-31(20-27)40-18-17-39-30/h3-16,19-20,23H,17-18,21H2,1-2H3,(H,35,37)/b32-19+. The van der Waals surface area contributed by atoms with E-state index in [2.05, 4.69) is 5.32 Å². The molecular weight excluding hydrogens is 516 g/mol. The summed E-state index contributed by atoms with van der Waals surface area (Å²) in [5.41, 5.74) is 5.11. The molecule has 1 unspecified atom stereocenters. The summed E-state index contributed by atoms with van der Waals surface area (Å²) in [6.07, 6.45) is 1.71. The molecule has 2 aliphatic rings. The largest absolute Gasteiger partial charge is 0.486 e. The first-order chi connectivity index (χ1) is 19.9. The van der Waals surface area contributed by atoms with Crippen LogP contribution in [0.25, 0.3) is 6.08 Å². The van der Waals surface area contributed by atoms with Crippen molar-refractivity contribution in [3.63, 3.8) is 0 Å². The number of carbonyl (C=O) groups excluding carboxylic acids is 2. The van der Waals surface area contributed by atoms with Crippen molar-refractivity contribution in [1.29, 1.82) is 0 Å². The number of nitrogens with zero attached hydrogens (tertiary/aromatic N) is 1. The van der Waals surface area contributed by atoms with Gasteiger partial charge in [0.1, 0.15) is 13.2 Å². The smallest absolute Gasteiger partial charge is 0.294 e. The van der Waals surface area contributed by atoms with E-state index in [1.54, 1.807) is 35.2 Å². The molecule has 4 aromatic carbocycles. The van der Waals surface area contributed by atoms with Crippen LogP contribution in [0.4, 0.5) is 5.69 Å². The summed E-state index contributed by atoms with van der Waals surface area (Å²) in [4.78, 5) is 28.2. The van der Waals surface area contributed by atoms with Gasteiger partial charge in [-0.25, -0.2) is 0 Å². The van der Waals surface area contributed by atoms with Crippen LogP contribution in [0.15, 0.2) is 96.8 Å². The van der Waals surface area contributed by atoms with Gasteiger partial charge in [-0.15, -0.1) is 0 Å². The van der Waals surface area contributed by atoms with E-state index in [4.69, 9.17) is 14.2 Å². The van der Waals surface area contributed by atoms with E-state index in [9.17, 15) is 9.59 Å². The fourth-order valence-corrected chi connectivity index (χ4v) is 4.87. The summed E-state index contributed by atoms with van der Waals surface area (Å²) < 4.78 is 17.3. The number of aryl methyl sites for hydroxylation is 1. The van der Waals surface area contributed by atoms with Gasteiger partial charge in [-0.1, -0.05) is 60.2 Å². The number of amides is 2. The maximum Gasteiger partial charge on any atom is 0.294 e. The topological polar surface area (TPSA) is 77.1 Å². The Hall–Kier alpha value is -5.04. The lowest BCUT2D eigenvalue weighted by Gasteiger charge is -2.30. The highest BCUT2D eigenvalue weighted by molar-refractivity contribution is 6.09. The molecule has 7 nitrogen and oxygen atoms in total. The van der Waals surface area contributed by atoms with Crippen molar-refractivity contribution in [2.75, 3.05) is 18.1 Å². The second-order valence-corrected chi connectivity index (χ2v) is 10.2. The zero-order valence-corrected chi connectivity index (χ0v) is 22.9. The lowest BCUT2D eigenvalue weighted by Crippen LogP contribution is -2.36. The van der Waals surface area contributed by atoms with Crippen molar-refractivity contribution in [3.8, 4) is 17.2 Å². The Balaban J connectivity index is 1.17. The third-order valence-corrected chi connectivity index (χ3v) is 7.18. The first-order valence-electron chi connectivity index (χ1n) is 13.6. The van der Waals surface area contributed by atoms with Crippen LogP contribution in [-0.4, -0.2) is 25.0 Å². The molecule has 41 heavy (non-hydrogen) atoms. The van der Waals surface area contributed by atoms with Crippen LogP contribution in [0.2, 0.25) is 0 Å². The molecule has 2 heterocycles. The van der Waals surface area contributed by atoms with E-state index in [0.29, 0.717) is 42.6 Å². The SMILES string of the molecule is Cc1ccc(CN2C(=O)/C(=C\c3ccc(C(=O)NC(C)c4ccc5c(c4)OCCO5)cc3)Oc3ccccc32)cc1. The summed E-state index contributed by atoms with van der Waals surface area (Å²) in [6, 6.07) is 28.2. The molecule has 0 saturated heterocycles. The molecule has 2 aliphatic heterocycles. The lowest BCUT2D eigenvalue weighted by molar-refractivity contribution is -0.117. The van der Waals surface area contributed by atoms with Gasteiger partial charge in [-0.05, 0) is 73.0 Å². The molecule has 0 aliphatic carbocycles. The molecule has 1 N–H and O–H groups in total. The lowest BCUT2D eigenvalue weighted by atomic mass is 10.1. The number of rotatable bonds is 6. The molecule has 0 saturated carbocycles. The van der Waals surface area contributed by atoms with Gasteiger partial charge in [0.25, 0.3) is 11.8 Å². The quantitative estimate of drug-likeness (QED) is 0.291. The number of ether oxygens (including phenoxy) is 3. The number of para-hydroxylation sites is 2. The van der Waals surface area contributed by atoms with Crippen LogP contribution in [-0.2, 0) is 11.3 Å². The summed E-state index contributed by atoms with van der Waals surface area (Å²) >= 11 is 0.